The quantitative estimate of drug-likeness (QED) is 0.751. The summed E-state index contributed by atoms with van der Waals surface area (Å²) in [5, 5.41) is 2.95. The fraction of sp³-hybridized carbons (Fsp3) is 0.529. The highest BCUT2D eigenvalue weighted by Crippen LogP contribution is 2.06. The van der Waals surface area contributed by atoms with E-state index in [9.17, 15) is 9.59 Å². The Bertz CT molecular complexity index is 628. The number of hydrogen-bond acceptors (Lipinski definition) is 6. The molecule has 8 heteroatoms. The van der Waals surface area contributed by atoms with Crippen molar-refractivity contribution in [2.75, 3.05) is 38.5 Å². The van der Waals surface area contributed by atoms with E-state index in [1.807, 2.05) is 20.8 Å². The first kappa shape index (κ1) is 18.9. The Hall–Kier alpha value is -2.48. The minimum atomic E-state index is -0.231. The van der Waals surface area contributed by atoms with Crippen molar-refractivity contribution in [3.05, 3.63) is 24.0 Å². The van der Waals surface area contributed by atoms with Gasteiger partial charge in [0, 0.05) is 55.8 Å². The number of amides is 2. The predicted molar refractivity (Wildman–Crippen MR) is 96.4 cm³/mol. The van der Waals surface area contributed by atoms with Crippen molar-refractivity contribution in [1.82, 2.24) is 25.1 Å². The van der Waals surface area contributed by atoms with Crippen molar-refractivity contribution in [1.29, 1.82) is 0 Å². The van der Waals surface area contributed by atoms with Gasteiger partial charge in [0.1, 0.15) is 0 Å². The van der Waals surface area contributed by atoms with Crippen LogP contribution in [-0.4, -0.2) is 69.8 Å². The number of nitrogens with two attached hydrogens (primary N) is 1. The summed E-state index contributed by atoms with van der Waals surface area (Å²) in [5.74, 6) is 0.154. The molecule has 1 aliphatic rings. The topological polar surface area (TPSA) is 104 Å². The molecule has 0 spiro atoms. The summed E-state index contributed by atoms with van der Waals surface area (Å²) in [6.07, 6.45) is 6.32. The smallest absolute Gasteiger partial charge is 0.246 e. The molecule has 0 saturated carbocycles. The lowest BCUT2D eigenvalue weighted by atomic mass is 10.1. The fourth-order valence-corrected chi connectivity index (χ4v) is 2.49. The summed E-state index contributed by atoms with van der Waals surface area (Å²) in [4.78, 5) is 35.8. The highest BCUT2D eigenvalue weighted by Gasteiger charge is 2.22. The molecule has 0 unspecified atom stereocenters. The average Bonchev–Trinajstić information content (AvgIpc) is 2.53. The third kappa shape index (κ3) is 6.50. The van der Waals surface area contributed by atoms with Gasteiger partial charge in [-0.25, -0.2) is 9.97 Å². The van der Waals surface area contributed by atoms with Gasteiger partial charge in [0.2, 0.25) is 17.8 Å². The van der Waals surface area contributed by atoms with Crippen LogP contribution in [0.15, 0.2) is 18.5 Å². The van der Waals surface area contributed by atoms with Crippen molar-refractivity contribution in [2.45, 2.75) is 26.3 Å². The van der Waals surface area contributed by atoms with Crippen LogP contribution in [0.3, 0.4) is 0 Å². The van der Waals surface area contributed by atoms with Crippen molar-refractivity contribution < 1.29 is 9.59 Å². The Labute approximate surface area is 148 Å². The van der Waals surface area contributed by atoms with E-state index in [0.29, 0.717) is 32.7 Å². The molecule has 1 aliphatic heterocycles. The number of aromatic nitrogens is 2. The molecule has 1 aromatic rings. The highest BCUT2D eigenvalue weighted by atomic mass is 16.2. The molecule has 3 N–H and O–H groups in total. The van der Waals surface area contributed by atoms with E-state index in [4.69, 9.17) is 5.73 Å². The van der Waals surface area contributed by atoms with Gasteiger partial charge in [-0.1, -0.05) is 0 Å². The summed E-state index contributed by atoms with van der Waals surface area (Å²) in [6.45, 7) is 8.80. The Morgan fingerprint density at radius 1 is 1.20 bits per heavy atom. The van der Waals surface area contributed by atoms with E-state index in [1.165, 1.54) is 6.08 Å². The van der Waals surface area contributed by atoms with Crippen molar-refractivity contribution >= 4 is 23.8 Å². The van der Waals surface area contributed by atoms with Gasteiger partial charge < -0.3 is 16.0 Å². The molecule has 0 atom stereocenters. The van der Waals surface area contributed by atoms with Crippen LogP contribution in [0.5, 0.6) is 0 Å². The Balaban J connectivity index is 1.78. The molecule has 8 nitrogen and oxygen atoms in total. The normalized spacial score (nSPS) is 16.2. The number of nitrogens with one attached hydrogen (secondary N) is 1. The molecule has 2 amide bonds. The third-order valence-electron chi connectivity index (χ3n) is 3.68. The second kappa shape index (κ2) is 8.06. The molecule has 2 rings (SSSR count). The van der Waals surface area contributed by atoms with E-state index in [0.717, 1.165) is 5.56 Å². The zero-order chi connectivity index (χ0) is 18.4. The first-order valence-corrected chi connectivity index (χ1v) is 8.31. The lowest BCUT2D eigenvalue weighted by Crippen LogP contribution is -2.52. The second-order valence-corrected chi connectivity index (χ2v) is 7.11. The van der Waals surface area contributed by atoms with Crippen LogP contribution in [0.2, 0.25) is 0 Å². The number of nitrogen functional groups attached to an aromatic ring is 1. The lowest BCUT2D eigenvalue weighted by molar-refractivity contribution is -0.128. The molecule has 0 bridgehead atoms. The van der Waals surface area contributed by atoms with Crippen molar-refractivity contribution in [3.8, 4) is 0 Å². The predicted octanol–water partition coefficient (Wildman–Crippen LogP) is 0.131. The summed E-state index contributed by atoms with van der Waals surface area (Å²) in [6, 6.07) is 0. The van der Waals surface area contributed by atoms with Gasteiger partial charge in [0.15, 0.2) is 0 Å². The first-order chi connectivity index (χ1) is 11.7. The third-order valence-corrected chi connectivity index (χ3v) is 3.68. The van der Waals surface area contributed by atoms with Crippen LogP contribution in [0.4, 0.5) is 5.95 Å². The molecule has 25 heavy (non-hydrogen) atoms. The average molecular weight is 346 g/mol. The number of piperazine rings is 1. The second-order valence-electron chi connectivity index (χ2n) is 7.11. The van der Waals surface area contributed by atoms with Gasteiger partial charge in [0.05, 0.1) is 6.54 Å². The summed E-state index contributed by atoms with van der Waals surface area (Å²) in [7, 11) is 0. The monoisotopic (exact) mass is 346 g/mol. The van der Waals surface area contributed by atoms with Gasteiger partial charge in [-0.05, 0) is 26.8 Å². The molecule has 1 aromatic heterocycles. The molecular formula is C17H26N6O2. The summed E-state index contributed by atoms with van der Waals surface area (Å²) < 4.78 is 0. The van der Waals surface area contributed by atoms with Crippen LogP contribution in [0.1, 0.15) is 26.3 Å². The maximum absolute atomic E-state index is 12.2. The van der Waals surface area contributed by atoms with Crippen molar-refractivity contribution in [3.63, 3.8) is 0 Å². The Kier molecular flexibility index (Phi) is 6.08. The van der Waals surface area contributed by atoms with Crippen LogP contribution < -0.4 is 11.1 Å². The molecule has 2 heterocycles. The number of carbonyl (C=O) groups is 2. The van der Waals surface area contributed by atoms with Crippen molar-refractivity contribution in [2.24, 2.45) is 0 Å². The molecule has 0 aliphatic carbocycles. The number of carbonyl (C=O) groups excluding carboxylic acids is 2. The van der Waals surface area contributed by atoms with E-state index in [2.05, 4.69) is 20.2 Å². The van der Waals surface area contributed by atoms with Gasteiger partial charge in [-0.15, -0.1) is 0 Å². The molecule has 0 aromatic carbocycles. The molecule has 1 saturated heterocycles. The van der Waals surface area contributed by atoms with Crippen LogP contribution >= 0.6 is 0 Å². The summed E-state index contributed by atoms with van der Waals surface area (Å²) >= 11 is 0. The van der Waals surface area contributed by atoms with Crippen LogP contribution in [-0.2, 0) is 9.59 Å². The van der Waals surface area contributed by atoms with E-state index >= 15 is 0 Å². The van der Waals surface area contributed by atoms with E-state index < -0.39 is 0 Å². The maximum Gasteiger partial charge on any atom is 0.246 e. The maximum atomic E-state index is 12.2. The minimum absolute atomic E-state index is 0.00974. The Morgan fingerprint density at radius 3 is 2.36 bits per heavy atom. The number of hydrogen-bond donors (Lipinski definition) is 2. The van der Waals surface area contributed by atoms with Crippen LogP contribution in [0, 0.1) is 0 Å². The van der Waals surface area contributed by atoms with E-state index in [-0.39, 0.29) is 23.3 Å². The molecule has 0 radical (unpaired) electrons. The largest absolute Gasteiger partial charge is 0.368 e. The zero-order valence-electron chi connectivity index (χ0n) is 15.0. The zero-order valence-corrected chi connectivity index (χ0v) is 15.0. The van der Waals surface area contributed by atoms with Gasteiger partial charge in [0.25, 0.3) is 0 Å². The molecule has 136 valence electrons. The number of anilines is 1. The number of rotatable bonds is 4. The SMILES string of the molecule is CC(C)(C)NC(=O)CN1CCN(C(=O)/C=C/c2cnc(N)nc2)CC1. The van der Waals surface area contributed by atoms with E-state index in [1.54, 1.807) is 23.4 Å². The standard InChI is InChI=1S/C17H26N6O2/c1-17(2,3)21-14(24)12-22-6-8-23(9-7-22)15(25)5-4-13-10-19-16(18)20-11-13/h4-5,10-11H,6-9,12H2,1-3H3,(H,21,24)(H2,18,19,20)/b5-4+. The summed E-state index contributed by atoms with van der Waals surface area (Å²) in [5.41, 5.74) is 5.92. The highest BCUT2D eigenvalue weighted by molar-refractivity contribution is 5.91. The number of nitrogens with zero attached hydrogens (tertiary/aromatic N) is 4. The van der Waals surface area contributed by atoms with Gasteiger partial charge >= 0.3 is 0 Å². The minimum Gasteiger partial charge on any atom is -0.368 e. The Morgan fingerprint density at radius 2 is 1.80 bits per heavy atom. The van der Waals surface area contributed by atoms with Gasteiger partial charge in [-0.3, -0.25) is 14.5 Å². The molecule has 1 fully saturated rings. The van der Waals surface area contributed by atoms with Crippen LogP contribution in [0.25, 0.3) is 6.08 Å². The van der Waals surface area contributed by atoms with Gasteiger partial charge in [-0.2, -0.15) is 0 Å². The first-order valence-electron chi connectivity index (χ1n) is 8.31. The fourth-order valence-electron chi connectivity index (χ4n) is 2.49. The lowest BCUT2D eigenvalue weighted by Gasteiger charge is -2.34. The molecular weight excluding hydrogens is 320 g/mol.